The first-order valence-corrected chi connectivity index (χ1v) is 11.7. The van der Waals surface area contributed by atoms with E-state index in [-0.39, 0.29) is 42.4 Å². The lowest BCUT2D eigenvalue weighted by atomic mass is 10.1. The number of sulfonamides is 1. The molecule has 2 N–H and O–H groups in total. The molecule has 1 heterocycles. The highest BCUT2D eigenvalue weighted by molar-refractivity contribution is 7.89. The molecule has 0 aromatic heterocycles. The van der Waals surface area contributed by atoms with Crippen LogP contribution in [0.2, 0.25) is 0 Å². The second-order valence-corrected chi connectivity index (χ2v) is 9.51. The molecule has 3 aromatic carbocycles. The van der Waals surface area contributed by atoms with Gasteiger partial charge in [0.1, 0.15) is 17.1 Å². The minimum absolute atomic E-state index is 0.119. The Morgan fingerprint density at radius 3 is 2.27 bits per heavy atom. The lowest BCUT2D eigenvalue weighted by molar-refractivity contribution is -0.135. The van der Waals surface area contributed by atoms with Gasteiger partial charge in [-0.2, -0.15) is 4.31 Å². The first-order chi connectivity index (χ1) is 15.8. The van der Waals surface area contributed by atoms with Crippen molar-refractivity contribution >= 4 is 32.7 Å². The van der Waals surface area contributed by atoms with Crippen LogP contribution in [-0.4, -0.2) is 72.5 Å². The topological polar surface area (TPSA) is 124 Å². The minimum Gasteiger partial charge on any atom is -0.508 e. The van der Waals surface area contributed by atoms with Crippen LogP contribution in [0.25, 0.3) is 10.8 Å². The summed E-state index contributed by atoms with van der Waals surface area (Å²) < 4.78 is 32.4. The molecule has 33 heavy (non-hydrogen) atoms. The predicted molar refractivity (Wildman–Crippen MR) is 119 cm³/mol. The minimum atomic E-state index is -3.71. The second-order valence-electron chi connectivity index (χ2n) is 7.57. The van der Waals surface area contributed by atoms with Crippen molar-refractivity contribution in [3.63, 3.8) is 0 Å². The molecule has 0 spiro atoms. The van der Waals surface area contributed by atoms with Crippen molar-refractivity contribution in [2.75, 3.05) is 32.8 Å². The molecule has 10 heteroatoms. The molecule has 9 nitrogen and oxygen atoms in total. The zero-order valence-electron chi connectivity index (χ0n) is 17.5. The Hall–Kier alpha value is -3.63. The summed E-state index contributed by atoms with van der Waals surface area (Å²) in [6.45, 7) is 0.0130. The third kappa shape index (κ3) is 4.76. The molecule has 0 radical (unpaired) electrons. The Morgan fingerprint density at radius 2 is 1.58 bits per heavy atom. The van der Waals surface area contributed by atoms with Crippen molar-refractivity contribution in [3.8, 4) is 11.5 Å². The molecular formula is C23H22N2O7S. The van der Waals surface area contributed by atoms with E-state index in [1.807, 2.05) is 24.3 Å². The molecule has 1 fully saturated rings. The maximum absolute atomic E-state index is 13.0. The van der Waals surface area contributed by atoms with Gasteiger partial charge in [-0.05, 0) is 35.0 Å². The van der Waals surface area contributed by atoms with Gasteiger partial charge in [0.15, 0.2) is 6.61 Å². The predicted octanol–water partition coefficient (Wildman–Crippen LogP) is 1.94. The maximum atomic E-state index is 13.0. The van der Waals surface area contributed by atoms with Crippen LogP contribution in [-0.2, 0) is 19.6 Å². The number of piperazine rings is 1. The summed E-state index contributed by atoms with van der Waals surface area (Å²) in [6, 6.07) is 15.9. The molecule has 0 atom stereocenters. The average molecular weight is 471 g/mol. The fourth-order valence-electron chi connectivity index (χ4n) is 3.64. The van der Waals surface area contributed by atoms with Crippen molar-refractivity contribution in [2.45, 2.75) is 4.90 Å². The van der Waals surface area contributed by atoms with Crippen LogP contribution in [0, 0.1) is 0 Å². The number of phenolic OH excluding ortho intramolecular Hbond substituents is 2. The van der Waals surface area contributed by atoms with Gasteiger partial charge in [0, 0.05) is 32.2 Å². The standard InChI is InChI=1S/C23H22N2O7S/c26-18-6-8-20(21(27)14-18)23(29)32-15-22(28)24-9-11-25(12-10-24)33(30,31)19-7-5-16-3-1-2-4-17(16)13-19/h1-8,13-14,26-27H,9-12,15H2. The third-order valence-corrected chi connectivity index (χ3v) is 7.37. The van der Waals surface area contributed by atoms with Crippen molar-refractivity contribution in [1.29, 1.82) is 0 Å². The number of aromatic hydroxyl groups is 2. The lowest BCUT2D eigenvalue weighted by Crippen LogP contribution is -2.51. The number of carbonyl (C=O) groups excluding carboxylic acids is 2. The number of carbonyl (C=O) groups is 2. The van der Waals surface area contributed by atoms with E-state index in [1.54, 1.807) is 18.2 Å². The zero-order valence-corrected chi connectivity index (χ0v) is 18.4. The largest absolute Gasteiger partial charge is 0.508 e. The van der Waals surface area contributed by atoms with Gasteiger partial charge >= 0.3 is 5.97 Å². The van der Waals surface area contributed by atoms with Gasteiger partial charge < -0.3 is 19.8 Å². The highest BCUT2D eigenvalue weighted by Gasteiger charge is 2.30. The van der Waals surface area contributed by atoms with Gasteiger partial charge in [-0.15, -0.1) is 0 Å². The van der Waals surface area contributed by atoms with Gasteiger partial charge in [0.05, 0.1) is 4.90 Å². The van der Waals surface area contributed by atoms with Crippen molar-refractivity contribution < 1.29 is 33.0 Å². The molecule has 1 amide bonds. The maximum Gasteiger partial charge on any atom is 0.342 e. The third-order valence-electron chi connectivity index (χ3n) is 5.48. The number of esters is 1. The average Bonchev–Trinajstić information content (AvgIpc) is 2.82. The Kier molecular flexibility index (Phi) is 6.21. The van der Waals surface area contributed by atoms with Gasteiger partial charge in [-0.3, -0.25) is 4.79 Å². The molecular weight excluding hydrogens is 448 g/mol. The van der Waals surface area contributed by atoms with E-state index in [9.17, 15) is 28.2 Å². The van der Waals surface area contributed by atoms with Gasteiger partial charge in [0.25, 0.3) is 5.91 Å². The van der Waals surface area contributed by atoms with Crippen molar-refractivity contribution in [1.82, 2.24) is 9.21 Å². The zero-order chi connectivity index (χ0) is 23.6. The fourth-order valence-corrected chi connectivity index (χ4v) is 5.10. The number of ether oxygens (including phenoxy) is 1. The van der Waals surface area contributed by atoms with E-state index in [1.165, 1.54) is 21.3 Å². The summed E-state index contributed by atoms with van der Waals surface area (Å²) in [4.78, 5) is 26.1. The van der Waals surface area contributed by atoms with E-state index in [4.69, 9.17) is 4.74 Å². The van der Waals surface area contributed by atoms with E-state index in [2.05, 4.69) is 0 Å². The molecule has 1 aliphatic rings. The van der Waals surface area contributed by atoms with Gasteiger partial charge in [-0.25, -0.2) is 13.2 Å². The Balaban J connectivity index is 1.34. The van der Waals surface area contributed by atoms with Gasteiger partial charge in [-0.1, -0.05) is 30.3 Å². The first-order valence-electron chi connectivity index (χ1n) is 10.2. The first kappa shape index (κ1) is 22.6. The SMILES string of the molecule is O=C(OCC(=O)N1CCN(S(=O)(=O)c2ccc3ccccc3c2)CC1)c1ccc(O)cc1O. The molecule has 4 rings (SSSR count). The number of hydrogen-bond donors (Lipinski definition) is 2. The second kappa shape index (κ2) is 9.08. The monoisotopic (exact) mass is 470 g/mol. The highest BCUT2D eigenvalue weighted by atomic mass is 32.2. The number of amides is 1. The Morgan fingerprint density at radius 1 is 0.879 bits per heavy atom. The van der Waals surface area contributed by atoms with Crippen LogP contribution in [0.1, 0.15) is 10.4 Å². The number of rotatable bonds is 5. The summed E-state index contributed by atoms with van der Waals surface area (Å²) >= 11 is 0. The molecule has 3 aromatic rings. The quantitative estimate of drug-likeness (QED) is 0.546. The number of benzene rings is 3. The van der Waals surface area contributed by atoms with Crippen molar-refractivity contribution in [3.05, 3.63) is 66.2 Å². The smallest absolute Gasteiger partial charge is 0.342 e. The number of fused-ring (bicyclic) bond motifs is 1. The van der Waals surface area contributed by atoms with E-state index < -0.39 is 34.3 Å². The number of phenols is 2. The van der Waals surface area contributed by atoms with Crippen LogP contribution >= 0.6 is 0 Å². The van der Waals surface area contributed by atoms with Gasteiger partial charge in [0.2, 0.25) is 10.0 Å². The van der Waals surface area contributed by atoms with Crippen LogP contribution in [0.3, 0.4) is 0 Å². The summed E-state index contributed by atoms with van der Waals surface area (Å²) in [6.07, 6.45) is 0. The Bertz CT molecular complexity index is 1320. The van der Waals surface area contributed by atoms with Crippen molar-refractivity contribution in [2.24, 2.45) is 0 Å². The summed E-state index contributed by atoms with van der Waals surface area (Å²) in [5, 5.41) is 20.8. The van der Waals surface area contributed by atoms with E-state index in [0.717, 1.165) is 16.8 Å². The van der Waals surface area contributed by atoms with Crippen LogP contribution in [0.5, 0.6) is 11.5 Å². The fraction of sp³-hybridized carbons (Fsp3) is 0.217. The highest BCUT2D eigenvalue weighted by Crippen LogP contribution is 2.24. The number of hydrogen-bond acceptors (Lipinski definition) is 7. The van der Waals surface area contributed by atoms with Crippen LogP contribution < -0.4 is 0 Å². The number of nitrogens with zero attached hydrogens (tertiary/aromatic N) is 2. The molecule has 0 saturated carbocycles. The van der Waals surface area contributed by atoms with E-state index >= 15 is 0 Å². The summed E-state index contributed by atoms with van der Waals surface area (Å²) in [7, 11) is -3.71. The molecule has 172 valence electrons. The Labute approximate surface area is 190 Å². The van der Waals surface area contributed by atoms with Crippen LogP contribution in [0.4, 0.5) is 0 Å². The molecule has 0 aliphatic carbocycles. The lowest BCUT2D eigenvalue weighted by Gasteiger charge is -2.33. The normalized spacial score (nSPS) is 14.8. The summed E-state index contributed by atoms with van der Waals surface area (Å²) in [5.74, 6) is -2.04. The molecule has 0 unspecified atom stereocenters. The molecule has 0 bridgehead atoms. The van der Waals surface area contributed by atoms with Crippen LogP contribution in [0.15, 0.2) is 65.6 Å². The van der Waals surface area contributed by atoms with E-state index in [0.29, 0.717) is 0 Å². The molecule has 1 aliphatic heterocycles. The summed E-state index contributed by atoms with van der Waals surface area (Å²) in [5.41, 5.74) is -0.174. The molecule has 1 saturated heterocycles.